The number of rotatable bonds is 3. The summed E-state index contributed by atoms with van der Waals surface area (Å²) in [6.45, 7) is 6.71. The van der Waals surface area contributed by atoms with Crippen molar-refractivity contribution >= 4 is 5.91 Å². The predicted octanol–water partition coefficient (Wildman–Crippen LogP) is 1.06. The minimum atomic E-state index is -0.550. The van der Waals surface area contributed by atoms with Crippen molar-refractivity contribution in [1.29, 1.82) is 5.26 Å². The van der Waals surface area contributed by atoms with Crippen molar-refractivity contribution in [3.63, 3.8) is 0 Å². The highest BCUT2D eigenvalue weighted by atomic mass is 16.1. The maximum atomic E-state index is 10.5. The molecule has 0 bridgehead atoms. The number of nitrogens with zero attached hydrogens (tertiary/aromatic N) is 1. The lowest BCUT2D eigenvalue weighted by atomic mass is 9.90. The van der Waals surface area contributed by atoms with Gasteiger partial charge in [-0.3, -0.25) is 4.79 Å². The zero-order valence-electron chi connectivity index (χ0n) is 7.27. The Morgan fingerprint density at radius 1 is 1.64 bits per heavy atom. The molecule has 0 rings (SSSR count). The highest BCUT2D eigenvalue weighted by Gasteiger charge is 2.15. The van der Waals surface area contributed by atoms with E-state index in [2.05, 4.69) is 12.2 Å². The van der Waals surface area contributed by atoms with E-state index in [-0.39, 0.29) is 5.41 Å². The van der Waals surface area contributed by atoms with Crippen molar-refractivity contribution in [2.45, 2.75) is 27.2 Å². The van der Waals surface area contributed by atoms with E-state index in [1.807, 2.05) is 13.8 Å². The number of carbonyl (C=O) groups excluding carboxylic acids is 1. The summed E-state index contributed by atoms with van der Waals surface area (Å²) in [5, 5.41) is 10.7. The smallest absolute Gasteiger partial charge is 0.322 e. The molecule has 0 unspecified atom stereocenters. The van der Waals surface area contributed by atoms with E-state index in [0.717, 1.165) is 6.42 Å². The lowest BCUT2D eigenvalue weighted by Crippen LogP contribution is -2.32. The molecule has 62 valence electrons. The van der Waals surface area contributed by atoms with E-state index < -0.39 is 5.91 Å². The molecule has 0 aliphatic heterocycles. The first kappa shape index (κ1) is 9.96. The summed E-state index contributed by atoms with van der Waals surface area (Å²) in [6.07, 6.45) is 0.985. The molecule has 3 heteroatoms. The Bertz CT molecular complexity index is 179. The topological polar surface area (TPSA) is 52.9 Å². The number of nitriles is 1. The third-order valence-electron chi connectivity index (χ3n) is 1.79. The van der Waals surface area contributed by atoms with Crippen molar-refractivity contribution in [2.75, 3.05) is 6.54 Å². The van der Waals surface area contributed by atoms with Crippen LogP contribution in [0, 0.1) is 16.7 Å². The van der Waals surface area contributed by atoms with Gasteiger partial charge in [-0.05, 0) is 11.8 Å². The van der Waals surface area contributed by atoms with Crippen LogP contribution in [0.4, 0.5) is 0 Å². The fourth-order valence-electron chi connectivity index (χ4n) is 0.484. The molecule has 0 atom stereocenters. The number of carbonyl (C=O) groups is 1. The Kier molecular flexibility index (Phi) is 3.59. The molecule has 0 saturated heterocycles. The fraction of sp³-hybridized carbons (Fsp3) is 0.750. The van der Waals surface area contributed by atoms with Crippen LogP contribution in [0.25, 0.3) is 0 Å². The summed E-state index contributed by atoms with van der Waals surface area (Å²) < 4.78 is 0. The molecular weight excluding hydrogens is 140 g/mol. The Morgan fingerprint density at radius 3 is 2.55 bits per heavy atom. The van der Waals surface area contributed by atoms with E-state index in [9.17, 15) is 4.79 Å². The SMILES string of the molecule is CCC(C)(C)CNC(=O)C#N. The van der Waals surface area contributed by atoms with Crippen molar-refractivity contribution in [1.82, 2.24) is 5.32 Å². The molecule has 0 aliphatic rings. The van der Waals surface area contributed by atoms with E-state index in [4.69, 9.17) is 5.26 Å². The summed E-state index contributed by atoms with van der Waals surface area (Å²) in [4.78, 5) is 10.5. The van der Waals surface area contributed by atoms with Gasteiger partial charge in [0.05, 0.1) is 0 Å². The molecule has 0 aromatic heterocycles. The van der Waals surface area contributed by atoms with Crippen LogP contribution in [0.1, 0.15) is 27.2 Å². The van der Waals surface area contributed by atoms with Crippen LogP contribution < -0.4 is 5.32 Å². The minimum absolute atomic E-state index is 0.0898. The second kappa shape index (κ2) is 3.97. The highest BCUT2D eigenvalue weighted by molar-refractivity contribution is 5.91. The first-order valence-corrected chi connectivity index (χ1v) is 3.70. The van der Waals surface area contributed by atoms with Crippen LogP contribution in [0.15, 0.2) is 0 Å². The predicted molar refractivity (Wildman–Crippen MR) is 42.7 cm³/mol. The first-order valence-electron chi connectivity index (χ1n) is 3.70. The molecule has 0 saturated carbocycles. The van der Waals surface area contributed by atoms with Gasteiger partial charge in [0.1, 0.15) is 0 Å². The van der Waals surface area contributed by atoms with Gasteiger partial charge in [-0.1, -0.05) is 20.8 Å². The maximum Gasteiger partial charge on any atom is 0.322 e. The van der Waals surface area contributed by atoms with Gasteiger partial charge < -0.3 is 5.32 Å². The zero-order valence-corrected chi connectivity index (χ0v) is 7.27. The third kappa shape index (κ3) is 4.38. The fourth-order valence-corrected chi connectivity index (χ4v) is 0.484. The molecule has 0 spiro atoms. The van der Waals surface area contributed by atoms with Gasteiger partial charge in [0.15, 0.2) is 6.07 Å². The van der Waals surface area contributed by atoms with E-state index in [1.54, 1.807) is 0 Å². The number of amides is 1. The highest BCUT2D eigenvalue weighted by Crippen LogP contribution is 2.17. The van der Waals surface area contributed by atoms with Gasteiger partial charge in [0.25, 0.3) is 0 Å². The second-order valence-electron chi connectivity index (χ2n) is 3.31. The first-order chi connectivity index (χ1) is 5.02. The lowest BCUT2D eigenvalue weighted by Gasteiger charge is -2.21. The largest absolute Gasteiger partial charge is 0.343 e. The quantitative estimate of drug-likeness (QED) is 0.618. The molecule has 3 nitrogen and oxygen atoms in total. The van der Waals surface area contributed by atoms with E-state index in [0.29, 0.717) is 6.54 Å². The summed E-state index contributed by atoms with van der Waals surface area (Å²) in [7, 11) is 0. The Labute approximate surface area is 67.4 Å². The van der Waals surface area contributed by atoms with Crippen molar-refractivity contribution < 1.29 is 4.79 Å². The summed E-state index contributed by atoms with van der Waals surface area (Å²) in [5.41, 5.74) is 0.0898. The molecule has 0 radical (unpaired) electrons. The lowest BCUT2D eigenvalue weighted by molar-refractivity contribution is -0.116. The van der Waals surface area contributed by atoms with Crippen molar-refractivity contribution in [3.05, 3.63) is 0 Å². The molecule has 1 N–H and O–H groups in total. The summed E-state index contributed by atoms with van der Waals surface area (Å²) in [6, 6.07) is 1.51. The average molecular weight is 154 g/mol. The monoisotopic (exact) mass is 154 g/mol. The Balaban J connectivity index is 3.72. The molecule has 0 aromatic rings. The molecule has 1 amide bonds. The van der Waals surface area contributed by atoms with Gasteiger partial charge >= 0.3 is 5.91 Å². The van der Waals surface area contributed by atoms with Crippen molar-refractivity contribution in [3.8, 4) is 6.07 Å². The number of hydrogen-bond acceptors (Lipinski definition) is 2. The average Bonchev–Trinajstić information content (AvgIpc) is 2.00. The summed E-state index contributed by atoms with van der Waals surface area (Å²) in [5.74, 6) is -0.550. The van der Waals surface area contributed by atoms with Gasteiger partial charge in [-0.25, -0.2) is 0 Å². The van der Waals surface area contributed by atoms with Crippen LogP contribution >= 0.6 is 0 Å². The number of nitrogens with one attached hydrogen (secondary N) is 1. The third-order valence-corrected chi connectivity index (χ3v) is 1.79. The minimum Gasteiger partial charge on any atom is -0.343 e. The van der Waals surface area contributed by atoms with Gasteiger partial charge in [-0.2, -0.15) is 5.26 Å². The molecule has 0 aliphatic carbocycles. The van der Waals surface area contributed by atoms with Gasteiger partial charge in [-0.15, -0.1) is 0 Å². The van der Waals surface area contributed by atoms with Gasteiger partial charge in [0, 0.05) is 6.54 Å². The Morgan fingerprint density at radius 2 is 2.18 bits per heavy atom. The normalized spacial score (nSPS) is 10.4. The van der Waals surface area contributed by atoms with Gasteiger partial charge in [0.2, 0.25) is 0 Å². The standard InChI is InChI=1S/C8H14N2O/c1-4-8(2,3)6-10-7(11)5-9/h4,6H2,1-3H3,(H,10,11). The van der Waals surface area contributed by atoms with Crippen molar-refractivity contribution in [2.24, 2.45) is 5.41 Å². The van der Waals surface area contributed by atoms with Crippen LogP contribution in [0.2, 0.25) is 0 Å². The molecular formula is C8H14N2O. The van der Waals surface area contributed by atoms with Crippen LogP contribution in [-0.4, -0.2) is 12.5 Å². The van der Waals surface area contributed by atoms with Crippen LogP contribution in [-0.2, 0) is 4.79 Å². The zero-order chi connectivity index (χ0) is 8.91. The molecule has 0 fully saturated rings. The van der Waals surface area contributed by atoms with Crippen LogP contribution in [0.5, 0.6) is 0 Å². The number of hydrogen-bond donors (Lipinski definition) is 1. The molecule has 0 aromatic carbocycles. The summed E-state index contributed by atoms with van der Waals surface area (Å²) >= 11 is 0. The van der Waals surface area contributed by atoms with E-state index >= 15 is 0 Å². The Hall–Kier alpha value is -1.04. The van der Waals surface area contributed by atoms with E-state index in [1.165, 1.54) is 6.07 Å². The maximum absolute atomic E-state index is 10.5. The molecule has 11 heavy (non-hydrogen) atoms. The second-order valence-corrected chi connectivity index (χ2v) is 3.31. The van der Waals surface area contributed by atoms with Crippen LogP contribution in [0.3, 0.4) is 0 Å². The molecule has 0 heterocycles.